The minimum absolute atomic E-state index is 0.254. The van der Waals surface area contributed by atoms with E-state index in [0.29, 0.717) is 12.0 Å². The Kier molecular flexibility index (Phi) is 5.15. The van der Waals surface area contributed by atoms with Gasteiger partial charge in [-0.2, -0.15) is 0 Å². The van der Waals surface area contributed by atoms with Gasteiger partial charge in [0, 0.05) is 16.1 Å². The monoisotopic (exact) mass is 337 g/mol. The standard InChI is InChI=1S/C16H17BrFNO/c1-20-13-6-2-11(3-7-13)4-9-16(19)14-10-12(17)5-8-15(14)18/h2-3,5-8,10,16H,4,9,19H2,1H3. The van der Waals surface area contributed by atoms with Crippen LogP contribution in [-0.2, 0) is 6.42 Å². The fourth-order valence-corrected chi connectivity index (χ4v) is 2.45. The molecule has 4 heteroatoms. The van der Waals surface area contributed by atoms with E-state index in [-0.39, 0.29) is 11.9 Å². The van der Waals surface area contributed by atoms with Crippen LogP contribution in [0.2, 0.25) is 0 Å². The molecule has 20 heavy (non-hydrogen) atoms. The van der Waals surface area contributed by atoms with Crippen LogP contribution < -0.4 is 10.5 Å². The first-order valence-electron chi connectivity index (χ1n) is 6.43. The summed E-state index contributed by atoms with van der Waals surface area (Å²) in [4.78, 5) is 0. The normalized spacial score (nSPS) is 12.2. The second-order valence-electron chi connectivity index (χ2n) is 4.66. The highest BCUT2D eigenvalue weighted by Gasteiger charge is 2.12. The van der Waals surface area contributed by atoms with Gasteiger partial charge < -0.3 is 10.5 Å². The molecule has 0 aliphatic carbocycles. The summed E-state index contributed by atoms with van der Waals surface area (Å²) < 4.78 is 19.7. The first-order chi connectivity index (χ1) is 9.60. The lowest BCUT2D eigenvalue weighted by molar-refractivity contribution is 0.414. The first kappa shape index (κ1) is 15.0. The summed E-state index contributed by atoms with van der Waals surface area (Å²) in [6, 6.07) is 12.4. The zero-order chi connectivity index (χ0) is 14.5. The number of hydrogen-bond acceptors (Lipinski definition) is 2. The third-order valence-electron chi connectivity index (χ3n) is 3.26. The molecule has 0 heterocycles. The highest BCUT2D eigenvalue weighted by molar-refractivity contribution is 9.10. The molecular weight excluding hydrogens is 321 g/mol. The lowest BCUT2D eigenvalue weighted by atomic mass is 9.99. The van der Waals surface area contributed by atoms with Gasteiger partial charge in [0.1, 0.15) is 11.6 Å². The van der Waals surface area contributed by atoms with E-state index in [1.165, 1.54) is 6.07 Å². The molecular formula is C16H17BrFNO. The summed E-state index contributed by atoms with van der Waals surface area (Å²) in [5, 5.41) is 0. The number of halogens is 2. The van der Waals surface area contributed by atoms with E-state index in [1.54, 1.807) is 19.2 Å². The average molecular weight is 338 g/mol. The number of aryl methyl sites for hydroxylation is 1. The van der Waals surface area contributed by atoms with Crippen molar-refractivity contribution < 1.29 is 9.13 Å². The summed E-state index contributed by atoms with van der Waals surface area (Å²) in [6.45, 7) is 0. The lowest BCUT2D eigenvalue weighted by Crippen LogP contribution is -2.13. The van der Waals surface area contributed by atoms with Crippen LogP contribution in [0.1, 0.15) is 23.6 Å². The number of nitrogens with two attached hydrogens (primary N) is 1. The van der Waals surface area contributed by atoms with Crippen molar-refractivity contribution in [2.24, 2.45) is 5.73 Å². The lowest BCUT2D eigenvalue weighted by Gasteiger charge is -2.13. The van der Waals surface area contributed by atoms with Crippen molar-refractivity contribution in [3.63, 3.8) is 0 Å². The van der Waals surface area contributed by atoms with Gasteiger partial charge in [-0.1, -0.05) is 28.1 Å². The van der Waals surface area contributed by atoms with Crippen LogP contribution in [0.3, 0.4) is 0 Å². The van der Waals surface area contributed by atoms with Gasteiger partial charge in [0.05, 0.1) is 7.11 Å². The van der Waals surface area contributed by atoms with Crippen LogP contribution in [0.25, 0.3) is 0 Å². The molecule has 0 spiro atoms. The van der Waals surface area contributed by atoms with Gasteiger partial charge in [-0.25, -0.2) is 4.39 Å². The summed E-state index contributed by atoms with van der Waals surface area (Å²) in [6.07, 6.45) is 1.50. The Morgan fingerprint density at radius 2 is 1.90 bits per heavy atom. The molecule has 1 atom stereocenters. The SMILES string of the molecule is COc1ccc(CCC(N)c2cc(Br)ccc2F)cc1. The van der Waals surface area contributed by atoms with E-state index < -0.39 is 0 Å². The fourth-order valence-electron chi connectivity index (χ4n) is 2.07. The van der Waals surface area contributed by atoms with Gasteiger partial charge in [-0.05, 0) is 48.7 Å². The molecule has 0 bridgehead atoms. The Hall–Kier alpha value is -1.39. The summed E-state index contributed by atoms with van der Waals surface area (Å²) in [7, 11) is 1.64. The molecule has 2 rings (SSSR count). The highest BCUT2D eigenvalue weighted by Crippen LogP contribution is 2.24. The highest BCUT2D eigenvalue weighted by atomic mass is 79.9. The van der Waals surface area contributed by atoms with Gasteiger partial charge in [-0.15, -0.1) is 0 Å². The smallest absolute Gasteiger partial charge is 0.128 e. The molecule has 1 unspecified atom stereocenters. The molecule has 0 aliphatic rings. The van der Waals surface area contributed by atoms with Crippen LogP contribution >= 0.6 is 15.9 Å². The van der Waals surface area contributed by atoms with Crippen LogP contribution in [0.15, 0.2) is 46.9 Å². The summed E-state index contributed by atoms with van der Waals surface area (Å²) in [5.74, 6) is 0.575. The Morgan fingerprint density at radius 1 is 1.20 bits per heavy atom. The molecule has 0 saturated carbocycles. The second-order valence-corrected chi connectivity index (χ2v) is 5.57. The van der Waals surface area contributed by atoms with Crippen molar-refractivity contribution in [1.82, 2.24) is 0 Å². The van der Waals surface area contributed by atoms with E-state index in [1.807, 2.05) is 24.3 Å². The Morgan fingerprint density at radius 3 is 2.55 bits per heavy atom. The zero-order valence-corrected chi connectivity index (χ0v) is 12.9. The molecule has 2 aromatic rings. The molecule has 2 nitrogen and oxygen atoms in total. The number of ether oxygens (including phenoxy) is 1. The predicted octanol–water partition coefficient (Wildman–Crippen LogP) is 4.23. The van der Waals surface area contributed by atoms with Gasteiger partial charge in [-0.3, -0.25) is 0 Å². The largest absolute Gasteiger partial charge is 0.497 e. The number of rotatable bonds is 5. The first-order valence-corrected chi connectivity index (χ1v) is 7.23. The topological polar surface area (TPSA) is 35.2 Å². The molecule has 0 aromatic heterocycles. The van der Waals surface area contributed by atoms with Crippen LogP contribution in [0.5, 0.6) is 5.75 Å². The van der Waals surface area contributed by atoms with Gasteiger partial charge in [0.25, 0.3) is 0 Å². The molecule has 0 radical (unpaired) electrons. The Labute approximate surface area is 126 Å². The molecule has 106 valence electrons. The molecule has 0 fully saturated rings. The van der Waals surface area contributed by atoms with Crippen molar-refractivity contribution in [2.45, 2.75) is 18.9 Å². The van der Waals surface area contributed by atoms with Crippen LogP contribution in [0.4, 0.5) is 4.39 Å². The summed E-state index contributed by atoms with van der Waals surface area (Å²) >= 11 is 3.34. The van der Waals surface area contributed by atoms with Gasteiger partial charge in [0.15, 0.2) is 0 Å². The maximum atomic E-state index is 13.7. The number of benzene rings is 2. The maximum absolute atomic E-state index is 13.7. The number of methoxy groups -OCH3 is 1. The molecule has 2 N–H and O–H groups in total. The van der Waals surface area contributed by atoms with E-state index in [4.69, 9.17) is 10.5 Å². The van der Waals surface area contributed by atoms with Gasteiger partial charge >= 0.3 is 0 Å². The Bertz CT molecular complexity index is 571. The maximum Gasteiger partial charge on any atom is 0.128 e. The Balaban J connectivity index is 2.00. The average Bonchev–Trinajstić information content (AvgIpc) is 2.47. The third-order valence-corrected chi connectivity index (χ3v) is 3.75. The van der Waals surface area contributed by atoms with Crippen molar-refractivity contribution in [3.05, 3.63) is 63.9 Å². The van der Waals surface area contributed by atoms with Crippen molar-refractivity contribution in [2.75, 3.05) is 7.11 Å². The molecule has 0 amide bonds. The fraction of sp³-hybridized carbons (Fsp3) is 0.250. The van der Waals surface area contributed by atoms with Crippen LogP contribution in [0, 0.1) is 5.82 Å². The predicted molar refractivity (Wildman–Crippen MR) is 82.3 cm³/mol. The van der Waals surface area contributed by atoms with E-state index in [0.717, 1.165) is 22.2 Å². The van der Waals surface area contributed by atoms with Gasteiger partial charge in [0.2, 0.25) is 0 Å². The minimum Gasteiger partial charge on any atom is -0.497 e. The van der Waals surface area contributed by atoms with E-state index >= 15 is 0 Å². The minimum atomic E-state index is -0.311. The second kappa shape index (κ2) is 6.86. The van der Waals surface area contributed by atoms with Crippen molar-refractivity contribution in [1.29, 1.82) is 0 Å². The van der Waals surface area contributed by atoms with E-state index in [9.17, 15) is 4.39 Å². The quantitative estimate of drug-likeness (QED) is 0.886. The number of hydrogen-bond donors (Lipinski definition) is 1. The van der Waals surface area contributed by atoms with Crippen molar-refractivity contribution >= 4 is 15.9 Å². The summed E-state index contributed by atoms with van der Waals surface area (Å²) in [5.41, 5.74) is 7.80. The molecule has 2 aromatic carbocycles. The molecule has 0 aliphatic heterocycles. The molecule has 0 saturated heterocycles. The van der Waals surface area contributed by atoms with Crippen LogP contribution in [-0.4, -0.2) is 7.11 Å². The van der Waals surface area contributed by atoms with Crippen molar-refractivity contribution in [3.8, 4) is 5.75 Å². The third kappa shape index (κ3) is 3.81. The zero-order valence-electron chi connectivity index (χ0n) is 11.3. The van der Waals surface area contributed by atoms with E-state index in [2.05, 4.69) is 15.9 Å².